The molecular formula is C16H18N4O. The number of benzene rings is 1. The molecule has 1 aromatic carbocycles. The average Bonchev–Trinajstić information content (AvgIpc) is 2.68. The van der Waals surface area contributed by atoms with E-state index in [0.717, 1.165) is 29.7 Å². The minimum absolute atomic E-state index is 0.0169. The maximum atomic E-state index is 9.06. The van der Waals surface area contributed by atoms with Gasteiger partial charge in [0.2, 0.25) is 0 Å². The standard InChI is InChI=1S/C16H18N4O/c1-10-6-11(2)15-13(7-10)14(4-3-5-21-15)20-16(18)12(8-17)9-19-20/h6-7,9,14H,3-5,18H2,1-2H3. The summed E-state index contributed by atoms with van der Waals surface area (Å²) in [6.45, 7) is 4.82. The molecule has 1 atom stereocenters. The molecule has 0 radical (unpaired) electrons. The molecule has 108 valence electrons. The van der Waals surface area contributed by atoms with Gasteiger partial charge < -0.3 is 10.5 Å². The highest BCUT2D eigenvalue weighted by Gasteiger charge is 2.25. The van der Waals surface area contributed by atoms with E-state index in [2.05, 4.69) is 37.1 Å². The average molecular weight is 282 g/mol. The molecule has 0 bridgehead atoms. The van der Waals surface area contributed by atoms with Gasteiger partial charge in [-0.15, -0.1) is 0 Å². The van der Waals surface area contributed by atoms with Gasteiger partial charge in [0.05, 0.1) is 18.8 Å². The largest absolute Gasteiger partial charge is 0.493 e. The van der Waals surface area contributed by atoms with Crippen molar-refractivity contribution in [1.82, 2.24) is 9.78 Å². The van der Waals surface area contributed by atoms with Crippen molar-refractivity contribution in [2.75, 3.05) is 12.3 Å². The van der Waals surface area contributed by atoms with Gasteiger partial charge in [0, 0.05) is 5.56 Å². The first-order valence-electron chi connectivity index (χ1n) is 7.09. The molecule has 1 aliphatic rings. The van der Waals surface area contributed by atoms with Crippen LogP contribution >= 0.6 is 0 Å². The van der Waals surface area contributed by atoms with Gasteiger partial charge in [0.1, 0.15) is 23.2 Å². The summed E-state index contributed by atoms with van der Waals surface area (Å²) in [6, 6.07) is 6.34. The first-order valence-corrected chi connectivity index (χ1v) is 7.09. The van der Waals surface area contributed by atoms with Crippen LogP contribution in [-0.4, -0.2) is 16.4 Å². The third kappa shape index (κ3) is 2.23. The molecule has 2 N–H and O–H groups in total. The van der Waals surface area contributed by atoms with Gasteiger partial charge >= 0.3 is 0 Å². The van der Waals surface area contributed by atoms with Crippen LogP contribution in [0.2, 0.25) is 0 Å². The van der Waals surface area contributed by atoms with Gasteiger partial charge in [-0.1, -0.05) is 17.7 Å². The van der Waals surface area contributed by atoms with Crippen LogP contribution in [-0.2, 0) is 0 Å². The number of aryl methyl sites for hydroxylation is 2. The van der Waals surface area contributed by atoms with Crippen molar-refractivity contribution in [3.63, 3.8) is 0 Å². The number of hydrogen-bond donors (Lipinski definition) is 1. The second-order valence-corrected chi connectivity index (χ2v) is 5.51. The fourth-order valence-corrected chi connectivity index (χ4v) is 3.00. The van der Waals surface area contributed by atoms with E-state index < -0.39 is 0 Å². The van der Waals surface area contributed by atoms with E-state index in [1.807, 2.05) is 0 Å². The Hall–Kier alpha value is -2.48. The quantitative estimate of drug-likeness (QED) is 0.872. The van der Waals surface area contributed by atoms with E-state index in [-0.39, 0.29) is 6.04 Å². The number of nitrogens with zero attached hydrogens (tertiary/aromatic N) is 3. The zero-order valence-electron chi connectivity index (χ0n) is 12.3. The molecular weight excluding hydrogens is 264 g/mol. The Labute approximate surface area is 123 Å². The molecule has 0 saturated carbocycles. The van der Waals surface area contributed by atoms with Gasteiger partial charge in [-0.2, -0.15) is 10.4 Å². The van der Waals surface area contributed by atoms with Crippen molar-refractivity contribution >= 4 is 5.82 Å². The smallest absolute Gasteiger partial charge is 0.140 e. The highest BCUT2D eigenvalue weighted by atomic mass is 16.5. The highest BCUT2D eigenvalue weighted by Crippen LogP contribution is 2.38. The molecule has 2 heterocycles. The van der Waals surface area contributed by atoms with Gasteiger partial charge in [-0.25, -0.2) is 4.68 Å². The highest BCUT2D eigenvalue weighted by molar-refractivity contribution is 5.51. The third-order valence-electron chi connectivity index (χ3n) is 3.92. The van der Waals surface area contributed by atoms with Crippen LogP contribution in [0.1, 0.15) is 41.1 Å². The van der Waals surface area contributed by atoms with E-state index in [9.17, 15) is 0 Å². The molecule has 21 heavy (non-hydrogen) atoms. The zero-order chi connectivity index (χ0) is 15.0. The van der Waals surface area contributed by atoms with Gasteiger partial charge in [-0.3, -0.25) is 0 Å². The maximum absolute atomic E-state index is 9.06. The summed E-state index contributed by atoms with van der Waals surface area (Å²) in [4.78, 5) is 0. The number of anilines is 1. The lowest BCUT2D eigenvalue weighted by Gasteiger charge is -2.20. The van der Waals surface area contributed by atoms with Crippen LogP contribution in [0, 0.1) is 25.2 Å². The van der Waals surface area contributed by atoms with Gasteiger partial charge in [0.15, 0.2) is 0 Å². The first-order chi connectivity index (χ1) is 10.1. The van der Waals surface area contributed by atoms with Crippen LogP contribution in [0.5, 0.6) is 5.75 Å². The Morgan fingerprint density at radius 3 is 2.95 bits per heavy atom. The summed E-state index contributed by atoms with van der Waals surface area (Å²) in [6.07, 6.45) is 3.36. The Morgan fingerprint density at radius 1 is 1.43 bits per heavy atom. The Kier molecular flexibility index (Phi) is 3.30. The van der Waals surface area contributed by atoms with Crippen LogP contribution in [0.25, 0.3) is 0 Å². The second-order valence-electron chi connectivity index (χ2n) is 5.51. The summed E-state index contributed by atoms with van der Waals surface area (Å²) in [5, 5.41) is 13.4. The lowest BCUT2D eigenvalue weighted by atomic mass is 9.97. The zero-order valence-corrected chi connectivity index (χ0v) is 12.3. The monoisotopic (exact) mass is 282 g/mol. The van der Waals surface area contributed by atoms with Gasteiger partial charge in [-0.05, 0) is 32.3 Å². The van der Waals surface area contributed by atoms with Crippen molar-refractivity contribution in [2.24, 2.45) is 0 Å². The minimum atomic E-state index is 0.0169. The number of rotatable bonds is 1. The van der Waals surface area contributed by atoms with Crippen molar-refractivity contribution in [3.05, 3.63) is 40.6 Å². The fraction of sp³-hybridized carbons (Fsp3) is 0.375. The van der Waals surface area contributed by atoms with Crippen LogP contribution < -0.4 is 10.5 Å². The molecule has 5 nitrogen and oxygen atoms in total. The van der Waals surface area contributed by atoms with E-state index in [4.69, 9.17) is 15.7 Å². The Bertz CT molecular complexity index is 727. The molecule has 2 aromatic rings. The number of ether oxygens (including phenoxy) is 1. The molecule has 3 rings (SSSR count). The molecule has 1 aliphatic heterocycles. The molecule has 0 fully saturated rings. The summed E-state index contributed by atoms with van der Waals surface area (Å²) >= 11 is 0. The molecule has 0 saturated heterocycles. The second kappa shape index (κ2) is 5.13. The van der Waals surface area contributed by atoms with Crippen molar-refractivity contribution in [2.45, 2.75) is 32.7 Å². The number of fused-ring (bicyclic) bond motifs is 1. The van der Waals surface area contributed by atoms with Crippen LogP contribution in [0.3, 0.4) is 0 Å². The molecule has 0 amide bonds. The lowest BCUT2D eigenvalue weighted by molar-refractivity contribution is 0.313. The fourth-order valence-electron chi connectivity index (χ4n) is 3.00. The number of aromatic nitrogens is 2. The van der Waals surface area contributed by atoms with Crippen molar-refractivity contribution < 1.29 is 4.74 Å². The number of hydrogen-bond acceptors (Lipinski definition) is 4. The van der Waals surface area contributed by atoms with Crippen LogP contribution in [0.15, 0.2) is 18.3 Å². The Balaban J connectivity index is 2.16. The Morgan fingerprint density at radius 2 is 2.24 bits per heavy atom. The van der Waals surface area contributed by atoms with E-state index in [1.54, 1.807) is 4.68 Å². The number of nitrogens with two attached hydrogens (primary N) is 1. The number of nitriles is 1. The predicted octanol–water partition coefficient (Wildman–Crippen LogP) is 2.72. The van der Waals surface area contributed by atoms with E-state index in [0.29, 0.717) is 18.0 Å². The summed E-state index contributed by atoms with van der Waals surface area (Å²) in [5.41, 5.74) is 9.91. The SMILES string of the molecule is Cc1cc(C)c2c(c1)C(n1ncc(C#N)c1N)CCCO2. The minimum Gasteiger partial charge on any atom is -0.493 e. The predicted molar refractivity (Wildman–Crippen MR) is 80.1 cm³/mol. The summed E-state index contributed by atoms with van der Waals surface area (Å²) in [5.74, 6) is 1.35. The topological polar surface area (TPSA) is 76.9 Å². The molecule has 1 unspecified atom stereocenters. The lowest BCUT2D eigenvalue weighted by Crippen LogP contribution is -2.15. The molecule has 1 aromatic heterocycles. The van der Waals surface area contributed by atoms with E-state index in [1.165, 1.54) is 11.8 Å². The molecule has 0 aliphatic carbocycles. The first kappa shape index (κ1) is 13.5. The normalized spacial score (nSPS) is 17.5. The third-order valence-corrected chi connectivity index (χ3v) is 3.92. The maximum Gasteiger partial charge on any atom is 0.140 e. The van der Waals surface area contributed by atoms with Gasteiger partial charge in [0.25, 0.3) is 0 Å². The van der Waals surface area contributed by atoms with Crippen molar-refractivity contribution in [1.29, 1.82) is 5.26 Å². The van der Waals surface area contributed by atoms with Crippen molar-refractivity contribution in [3.8, 4) is 11.8 Å². The van der Waals surface area contributed by atoms with Crippen LogP contribution in [0.4, 0.5) is 5.82 Å². The summed E-state index contributed by atoms with van der Waals surface area (Å²) in [7, 11) is 0. The van der Waals surface area contributed by atoms with E-state index >= 15 is 0 Å². The number of nitrogen functional groups attached to an aromatic ring is 1. The molecule has 5 heteroatoms. The summed E-state index contributed by atoms with van der Waals surface area (Å²) < 4.78 is 7.67. The molecule has 0 spiro atoms.